The van der Waals surface area contributed by atoms with Gasteiger partial charge in [0.15, 0.2) is 0 Å². The van der Waals surface area contributed by atoms with Gasteiger partial charge in [-0.15, -0.1) is 0 Å². The lowest BCUT2D eigenvalue weighted by Gasteiger charge is -2.25. The first-order chi connectivity index (χ1) is 7.55. The third kappa shape index (κ3) is 4.44. The van der Waals surface area contributed by atoms with Crippen molar-refractivity contribution in [3.8, 4) is 0 Å². The van der Waals surface area contributed by atoms with Gasteiger partial charge in [-0.2, -0.15) is 0 Å². The van der Waals surface area contributed by atoms with Crippen molar-refractivity contribution in [3.05, 3.63) is 12.7 Å². The molecule has 0 N–H and O–H groups in total. The van der Waals surface area contributed by atoms with Crippen LogP contribution in [-0.2, 0) is 18.1 Å². The minimum Gasteiger partial charge on any atom is -0.377 e. The third-order valence-corrected chi connectivity index (χ3v) is 5.29. The Morgan fingerprint density at radius 1 is 1.31 bits per heavy atom. The van der Waals surface area contributed by atoms with Crippen molar-refractivity contribution in [2.24, 2.45) is 0 Å². The number of amides is 1. The van der Waals surface area contributed by atoms with E-state index < -0.39 is 8.80 Å². The van der Waals surface area contributed by atoms with Gasteiger partial charge in [0, 0.05) is 41.0 Å². The number of rotatable bonds is 8. The van der Waals surface area contributed by atoms with Crippen molar-refractivity contribution in [1.82, 2.24) is 4.90 Å². The van der Waals surface area contributed by atoms with Gasteiger partial charge in [0.2, 0.25) is 5.91 Å². The second kappa shape index (κ2) is 7.56. The molecule has 0 rings (SSSR count). The van der Waals surface area contributed by atoms with E-state index in [-0.39, 0.29) is 5.91 Å². The normalized spacial score (nSPS) is 11.2. The molecule has 0 aliphatic carbocycles. The highest BCUT2D eigenvalue weighted by atomic mass is 28.4. The van der Waals surface area contributed by atoms with E-state index in [0.29, 0.717) is 12.6 Å². The van der Waals surface area contributed by atoms with Gasteiger partial charge in [-0.05, 0) is 12.5 Å². The van der Waals surface area contributed by atoms with Gasteiger partial charge in [0.25, 0.3) is 0 Å². The summed E-state index contributed by atoms with van der Waals surface area (Å²) in [5.74, 6) is -0.0838. The molecule has 0 aromatic rings. The Morgan fingerprint density at radius 2 is 1.81 bits per heavy atom. The molecule has 0 radical (unpaired) electrons. The van der Waals surface area contributed by atoms with E-state index in [2.05, 4.69) is 6.58 Å². The van der Waals surface area contributed by atoms with Crippen molar-refractivity contribution in [3.63, 3.8) is 0 Å². The fraction of sp³-hybridized carbons (Fsp3) is 0.700. The first kappa shape index (κ1) is 15.3. The summed E-state index contributed by atoms with van der Waals surface area (Å²) in [6.45, 7) is 4.07. The van der Waals surface area contributed by atoms with Crippen LogP contribution < -0.4 is 0 Å². The van der Waals surface area contributed by atoms with Gasteiger partial charge >= 0.3 is 8.80 Å². The largest absolute Gasteiger partial charge is 0.500 e. The Hall–Kier alpha value is -0.693. The molecule has 16 heavy (non-hydrogen) atoms. The average molecular weight is 247 g/mol. The lowest BCUT2D eigenvalue weighted by molar-refractivity contribution is -0.124. The van der Waals surface area contributed by atoms with E-state index in [0.717, 1.165) is 6.42 Å². The topological polar surface area (TPSA) is 48.0 Å². The first-order valence-corrected chi connectivity index (χ1v) is 7.01. The van der Waals surface area contributed by atoms with Crippen molar-refractivity contribution in [2.45, 2.75) is 12.5 Å². The predicted molar refractivity (Wildman–Crippen MR) is 64.0 cm³/mol. The quantitative estimate of drug-likeness (QED) is 0.472. The Balaban J connectivity index is 4.04. The number of hydrogen-bond acceptors (Lipinski definition) is 4. The zero-order chi connectivity index (χ0) is 12.6. The molecular weight excluding hydrogens is 226 g/mol. The van der Waals surface area contributed by atoms with Gasteiger partial charge in [0.1, 0.15) is 0 Å². The van der Waals surface area contributed by atoms with E-state index in [1.807, 2.05) is 0 Å². The van der Waals surface area contributed by atoms with Crippen molar-refractivity contribution in [2.75, 3.05) is 34.9 Å². The zero-order valence-corrected chi connectivity index (χ0v) is 11.5. The summed E-state index contributed by atoms with van der Waals surface area (Å²) in [4.78, 5) is 12.8. The van der Waals surface area contributed by atoms with Gasteiger partial charge in [0.05, 0.1) is 0 Å². The smallest absolute Gasteiger partial charge is 0.377 e. The predicted octanol–water partition coefficient (Wildman–Crippen LogP) is 0.899. The number of nitrogens with zero attached hydrogens (tertiary/aromatic N) is 1. The lowest BCUT2D eigenvalue weighted by atomic mass is 10.4. The summed E-state index contributed by atoms with van der Waals surface area (Å²) in [6.07, 6.45) is 2.07. The van der Waals surface area contributed by atoms with Gasteiger partial charge in [-0.3, -0.25) is 4.79 Å². The maximum absolute atomic E-state index is 11.2. The molecule has 94 valence electrons. The van der Waals surface area contributed by atoms with Crippen LogP contribution >= 0.6 is 0 Å². The van der Waals surface area contributed by atoms with Crippen LogP contribution in [-0.4, -0.2) is 54.5 Å². The molecule has 0 unspecified atom stereocenters. The van der Waals surface area contributed by atoms with E-state index in [4.69, 9.17) is 13.3 Å². The van der Waals surface area contributed by atoms with Crippen LogP contribution in [0.2, 0.25) is 6.04 Å². The number of hydrogen-bond donors (Lipinski definition) is 0. The summed E-state index contributed by atoms with van der Waals surface area (Å²) in [6, 6.07) is 0.686. The molecule has 0 aromatic carbocycles. The summed E-state index contributed by atoms with van der Waals surface area (Å²) in [5.41, 5.74) is 0. The van der Waals surface area contributed by atoms with Crippen LogP contribution in [0.4, 0.5) is 0 Å². The Bertz CT molecular complexity index is 223. The summed E-state index contributed by atoms with van der Waals surface area (Å²) in [5, 5.41) is 0. The molecule has 6 heteroatoms. The van der Waals surface area contributed by atoms with Crippen LogP contribution in [0.3, 0.4) is 0 Å². The summed E-state index contributed by atoms with van der Waals surface area (Å²) < 4.78 is 15.8. The average Bonchev–Trinajstić information content (AvgIpc) is 2.34. The first-order valence-electron chi connectivity index (χ1n) is 5.08. The van der Waals surface area contributed by atoms with Crippen LogP contribution in [0.5, 0.6) is 0 Å². The molecule has 0 atom stereocenters. The fourth-order valence-corrected chi connectivity index (χ4v) is 3.06. The Morgan fingerprint density at radius 3 is 2.19 bits per heavy atom. The molecule has 5 nitrogen and oxygen atoms in total. The number of likely N-dealkylation sites (N-methyl/N-ethyl adjacent to an activating group) is 1. The van der Waals surface area contributed by atoms with Gasteiger partial charge in [-0.1, -0.05) is 6.58 Å². The fourth-order valence-electron chi connectivity index (χ4n) is 1.35. The molecule has 0 saturated heterocycles. The molecule has 0 bridgehead atoms. The van der Waals surface area contributed by atoms with E-state index in [1.54, 1.807) is 33.3 Å². The molecule has 0 fully saturated rings. The monoisotopic (exact) mass is 247 g/mol. The second-order valence-corrected chi connectivity index (χ2v) is 6.45. The molecule has 0 aliphatic heterocycles. The van der Waals surface area contributed by atoms with Crippen molar-refractivity contribution >= 4 is 14.7 Å². The molecular formula is C10H21NO4Si. The number of carbonyl (C=O) groups excluding carboxylic acids is 1. The minimum absolute atomic E-state index is 0.0838. The summed E-state index contributed by atoms with van der Waals surface area (Å²) >= 11 is 0. The Kier molecular flexibility index (Phi) is 7.23. The molecule has 0 heterocycles. The van der Waals surface area contributed by atoms with Crippen molar-refractivity contribution in [1.29, 1.82) is 0 Å². The van der Waals surface area contributed by atoms with E-state index >= 15 is 0 Å². The van der Waals surface area contributed by atoms with Gasteiger partial charge < -0.3 is 18.2 Å². The highest BCUT2D eigenvalue weighted by Crippen LogP contribution is 2.15. The SMILES string of the molecule is C=CC(=O)N(C)CCC[Si](OC)(OC)OC. The zero-order valence-electron chi connectivity index (χ0n) is 10.5. The maximum Gasteiger partial charge on any atom is 0.500 e. The van der Waals surface area contributed by atoms with E-state index in [1.165, 1.54) is 6.08 Å². The van der Waals surface area contributed by atoms with Crippen LogP contribution in [0.15, 0.2) is 12.7 Å². The highest BCUT2D eigenvalue weighted by Gasteiger charge is 2.36. The maximum atomic E-state index is 11.2. The van der Waals surface area contributed by atoms with E-state index in [9.17, 15) is 4.79 Å². The lowest BCUT2D eigenvalue weighted by Crippen LogP contribution is -2.43. The minimum atomic E-state index is -2.49. The molecule has 0 aromatic heterocycles. The second-order valence-electron chi connectivity index (χ2n) is 3.36. The van der Waals surface area contributed by atoms with Crippen LogP contribution in [0.25, 0.3) is 0 Å². The van der Waals surface area contributed by atoms with Crippen LogP contribution in [0, 0.1) is 0 Å². The van der Waals surface area contributed by atoms with Gasteiger partial charge in [-0.25, -0.2) is 0 Å². The molecule has 0 spiro atoms. The molecule has 0 saturated carbocycles. The highest BCUT2D eigenvalue weighted by molar-refractivity contribution is 6.60. The molecule has 0 aliphatic rings. The van der Waals surface area contributed by atoms with Crippen LogP contribution in [0.1, 0.15) is 6.42 Å². The Labute approximate surface area is 98.3 Å². The molecule has 1 amide bonds. The number of carbonyl (C=O) groups is 1. The standard InChI is InChI=1S/C10H21NO4Si/c1-6-10(12)11(2)8-7-9-16(13-3,14-4)15-5/h6H,1,7-9H2,2-5H3. The third-order valence-electron chi connectivity index (χ3n) is 2.46. The van der Waals surface area contributed by atoms with Crippen molar-refractivity contribution < 1.29 is 18.1 Å². The summed E-state index contributed by atoms with van der Waals surface area (Å²) in [7, 11) is 3.99.